The van der Waals surface area contributed by atoms with E-state index < -0.39 is 32.5 Å². The minimum atomic E-state index is -4.40. The summed E-state index contributed by atoms with van der Waals surface area (Å²) in [7, 11) is -4.40. The molecule has 440 valence electrons. The van der Waals surface area contributed by atoms with Crippen LogP contribution in [0.15, 0.2) is 122 Å². The van der Waals surface area contributed by atoms with Gasteiger partial charge >= 0.3 is 19.8 Å². The van der Waals surface area contributed by atoms with E-state index in [9.17, 15) is 19.0 Å². The molecule has 0 fully saturated rings. The third kappa shape index (κ3) is 61.5. The number of ether oxygens (including phenoxy) is 2. The van der Waals surface area contributed by atoms with Gasteiger partial charge in [-0.15, -0.1) is 0 Å². The fraction of sp³-hybridized carbons (Fsp3) is 0.672. The predicted molar refractivity (Wildman–Crippen MR) is 330 cm³/mol. The van der Waals surface area contributed by atoms with Crippen LogP contribution in [-0.2, 0) is 32.7 Å². The van der Waals surface area contributed by atoms with Gasteiger partial charge in [0.2, 0.25) is 0 Å². The summed E-state index contributed by atoms with van der Waals surface area (Å²) >= 11 is 0. The van der Waals surface area contributed by atoms with E-state index in [0.29, 0.717) is 6.42 Å². The molecule has 0 aromatic heterocycles. The average molecular weight is 1090 g/mol. The van der Waals surface area contributed by atoms with Crippen molar-refractivity contribution in [3.8, 4) is 0 Å². The smallest absolute Gasteiger partial charge is 0.462 e. The number of allylic oxidation sites excluding steroid dienone is 20. The van der Waals surface area contributed by atoms with Gasteiger partial charge < -0.3 is 20.1 Å². The molecule has 0 heterocycles. The summed E-state index contributed by atoms with van der Waals surface area (Å²) in [6.45, 7) is 3.61. The Morgan fingerprint density at radius 2 is 0.714 bits per heavy atom. The Labute approximate surface area is 472 Å². The van der Waals surface area contributed by atoms with Crippen LogP contribution in [0.5, 0.6) is 0 Å². The monoisotopic (exact) mass is 1090 g/mol. The van der Waals surface area contributed by atoms with Crippen molar-refractivity contribution in [1.29, 1.82) is 0 Å². The van der Waals surface area contributed by atoms with E-state index in [2.05, 4.69) is 135 Å². The lowest BCUT2D eigenvalue weighted by Crippen LogP contribution is -2.29. The number of hydrogen-bond donors (Lipinski definition) is 2. The van der Waals surface area contributed by atoms with Crippen LogP contribution >= 0.6 is 7.82 Å². The van der Waals surface area contributed by atoms with E-state index in [1.165, 1.54) is 109 Å². The lowest BCUT2D eigenvalue weighted by molar-refractivity contribution is -0.161. The first-order valence-corrected chi connectivity index (χ1v) is 32.5. The zero-order valence-electron chi connectivity index (χ0n) is 49.2. The summed E-state index contributed by atoms with van der Waals surface area (Å²) in [5, 5.41) is 0. The largest absolute Gasteiger partial charge is 0.472 e. The first-order valence-electron chi connectivity index (χ1n) is 31.0. The number of rotatable bonds is 57. The number of esters is 2. The Hall–Kier alpha value is -3.59. The highest BCUT2D eigenvalue weighted by Crippen LogP contribution is 2.43. The number of hydrogen-bond acceptors (Lipinski definition) is 8. The lowest BCUT2D eigenvalue weighted by atomic mass is 10.0. The summed E-state index contributed by atoms with van der Waals surface area (Å²) in [5.74, 6) is -0.842. The Morgan fingerprint density at radius 3 is 1.06 bits per heavy atom. The molecule has 0 aliphatic heterocycles. The summed E-state index contributed by atoms with van der Waals surface area (Å²) in [6.07, 6.45) is 85.4. The second kappa shape index (κ2) is 61.6. The molecular formula is C67H114NO8P. The van der Waals surface area contributed by atoms with Gasteiger partial charge in [-0.1, -0.05) is 257 Å². The standard InChI is InChI=1S/C67H114NO8P/c1-3-5-7-9-11-13-15-17-19-21-23-25-27-28-29-30-31-32-33-34-35-36-38-40-42-44-46-48-50-52-54-56-58-60-67(70)76-65(64-75-77(71,72)74-62-61-68)63-73-66(69)59-57-55-53-51-49-47-45-43-41-39-37-26-24-22-20-18-16-14-12-10-8-6-4-2/h5,7,11,13,16-19,22-25,28-29,31-32,34-35,37,39,65H,3-4,6,8-10,12,14-15,20-21,26-27,30,33,36,38,40-64,68H2,1-2H3,(H,71,72)/b7-5-,13-11-,18-16-,19-17-,24-22-,25-23-,29-28-,32-31-,35-34-,39-37-. The van der Waals surface area contributed by atoms with E-state index >= 15 is 0 Å². The van der Waals surface area contributed by atoms with Gasteiger partial charge in [0.25, 0.3) is 0 Å². The highest BCUT2D eigenvalue weighted by molar-refractivity contribution is 7.47. The van der Waals surface area contributed by atoms with E-state index in [0.717, 1.165) is 116 Å². The highest BCUT2D eigenvalue weighted by atomic mass is 31.2. The minimum Gasteiger partial charge on any atom is -0.462 e. The normalized spacial score (nSPS) is 13.9. The number of nitrogens with two attached hydrogens (primary N) is 1. The van der Waals surface area contributed by atoms with Crippen molar-refractivity contribution in [1.82, 2.24) is 0 Å². The van der Waals surface area contributed by atoms with Gasteiger partial charge in [0.1, 0.15) is 6.61 Å². The summed E-state index contributed by atoms with van der Waals surface area (Å²) in [6, 6.07) is 0. The fourth-order valence-electron chi connectivity index (χ4n) is 8.27. The van der Waals surface area contributed by atoms with Crippen LogP contribution in [0.25, 0.3) is 0 Å². The molecule has 0 aromatic carbocycles. The molecular weight excluding hydrogens is 978 g/mol. The second-order valence-electron chi connectivity index (χ2n) is 20.2. The van der Waals surface area contributed by atoms with Gasteiger partial charge in [-0.3, -0.25) is 18.6 Å². The third-order valence-electron chi connectivity index (χ3n) is 12.8. The van der Waals surface area contributed by atoms with Crippen molar-refractivity contribution in [3.63, 3.8) is 0 Å². The molecule has 0 spiro atoms. The molecule has 2 atom stereocenters. The fourth-order valence-corrected chi connectivity index (χ4v) is 9.04. The Morgan fingerprint density at radius 1 is 0.403 bits per heavy atom. The van der Waals surface area contributed by atoms with Crippen LogP contribution in [-0.4, -0.2) is 49.3 Å². The third-order valence-corrected chi connectivity index (χ3v) is 13.8. The van der Waals surface area contributed by atoms with Crippen LogP contribution in [0, 0.1) is 0 Å². The molecule has 2 unspecified atom stereocenters. The maximum Gasteiger partial charge on any atom is 0.472 e. The molecule has 0 saturated heterocycles. The topological polar surface area (TPSA) is 134 Å². The number of phosphoric ester groups is 1. The number of carbonyl (C=O) groups is 2. The molecule has 77 heavy (non-hydrogen) atoms. The highest BCUT2D eigenvalue weighted by Gasteiger charge is 2.26. The van der Waals surface area contributed by atoms with Crippen LogP contribution < -0.4 is 5.73 Å². The van der Waals surface area contributed by atoms with E-state index in [1.807, 2.05) is 0 Å². The van der Waals surface area contributed by atoms with E-state index in [1.54, 1.807) is 0 Å². The predicted octanol–water partition coefficient (Wildman–Crippen LogP) is 20.0. The maximum absolute atomic E-state index is 12.7. The van der Waals surface area contributed by atoms with Gasteiger partial charge in [0, 0.05) is 19.4 Å². The van der Waals surface area contributed by atoms with Gasteiger partial charge in [0.05, 0.1) is 13.2 Å². The number of unbranched alkanes of at least 4 members (excludes halogenated alkanes) is 24. The first kappa shape index (κ1) is 73.4. The maximum atomic E-state index is 12.7. The zero-order chi connectivity index (χ0) is 55.9. The van der Waals surface area contributed by atoms with Crippen molar-refractivity contribution in [2.75, 3.05) is 26.4 Å². The van der Waals surface area contributed by atoms with Crippen molar-refractivity contribution in [2.45, 2.75) is 264 Å². The number of carbonyl (C=O) groups excluding carboxylic acids is 2. The molecule has 0 rings (SSSR count). The zero-order valence-corrected chi connectivity index (χ0v) is 50.0. The lowest BCUT2D eigenvalue weighted by Gasteiger charge is -2.19. The molecule has 0 aliphatic carbocycles. The molecule has 0 aliphatic rings. The number of phosphoric acid groups is 1. The Bertz CT molecular complexity index is 1670. The van der Waals surface area contributed by atoms with Crippen LogP contribution in [0.4, 0.5) is 0 Å². The SMILES string of the molecule is CC/C=C\C/C=C\C/C=C\C/C=C\C/C=C\C/C=C\C/C=C\CCCCCCCCCCCCCC(=O)OC(COC(=O)CCCCCCCCCC/C=C\C/C=C\C/C=C\CCCCCCC)COP(=O)(O)OCCN. The van der Waals surface area contributed by atoms with Crippen molar-refractivity contribution in [2.24, 2.45) is 5.73 Å². The van der Waals surface area contributed by atoms with Crippen LogP contribution in [0.3, 0.4) is 0 Å². The molecule has 10 heteroatoms. The molecule has 0 aromatic rings. The van der Waals surface area contributed by atoms with Crippen LogP contribution in [0.1, 0.15) is 258 Å². The first-order chi connectivity index (χ1) is 37.8. The molecule has 0 bridgehead atoms. The minimum absolute atomic E-state index is 0.0463. The average Bonchev–Trinajstić information content (AvgIpc) is 3.42. The second-order valence-corrected chi connectivity index (χ2v) is 21.6. The molecule has 0 amide bonds. The van der Waals surface area contributed by atoms with E-state index in [-0.39, 0.29) is 32.6 Å². The Kier molecular flexibility index (Phi) is 58.7. The summed E-state index contributed by atoms with van der Waals surface area (Å²) in [5.41, 5.74) is 5.39. The summed E-state index contributed by atoms with van der Waals surface area (Å²) in [4.78, 5) is 35.3. The Balaban J connectivity index is 4.00. The van der Waals surface area contributed by atoms with Crippen molar-refractivity contribution < 1.29 is 37.6 Å². The summed E-state index contributed by atoms with van der Waals surface area (Å²) < 4.78 is 33.1. The molecule has 0 saturated carbocycles. The van der Waals surface area contributed by atoms with Gasteiger partial charge in [-0.2, -0.15) is 0 Å². The quantitative estimate of drug-likeness (QED) is 0.0264. The molecule has 0 radical (unpaired) electrons. The van der Waals surface area contributed by atoms with E-state index in [4.69, 9.17) is 24.3 Å². The van der Waals surface area contributed by atoms with Crippen molar-refractivity contribution in [3.05, 3.63) is 122 Å². The molecule has 9 nitrogen and oxygen atoms in total. The van der Waals surface area contributed by atoms with Gasteiger partial charge in [0.15, 0.2) is 6.10 Å². The van der Waals surface area contributed by atoms with Crippen molar-refractivity contribution >= 4 is 19.8 Å². The van der Waals surface area contributed by atoms with Gasteiger partial charge in [-0.25, -0.2) is 4.57 Å². The molecule has 3 N–H and O–H groups in total. The van der Waals surface area contributed by atoms with Gasteiger partial charge in [-0.05, 0) is 109 Å². The van der Waals surface area contributed by atoms with Crippen LogP contribution in [0.2, 0.25) is 0 Å².